The molecule has 0 bridgehead atoms. The quantitative estimate of drug-likeness (QED) is 0.833. The first-order valence-corrected chi connectivity index (χ1v) is 6.68. The SMILES string of the molecule is CCC(CC)C(C)NC(=O)c1ccnc(NC)c1F. The molecule has 0 saturated carbocycles. The fourth-order valence-corrected chi connectivity index (χ4v) is 2.19. The van der Waals surface area contributed by atoms with Gasteiger partial charge in [-0.2, -0.15) is 0 Å². The predicted molar refractivity (Wildman–Crippen MR) is 74.7 cm³/mol. The van der Waals surface area contributed by atoms with E-state index in [4.69, 9.17) is 0 Å². The monoisotopic (exact) mass is 267 g/mol. The summed E-state index contributed by atoms with van der Waals surface area (Å²) in [4.78, 5) is 15.9. The van der Waals surface area contributed by atoms with E-state index in [1.807, 2.05) is 6.92 Å². The molecular formula is C14H22FN3O. The first-order chi connectivity index (χ1) is 9.04. The summed E-state index contributed by atoms with van der Waals surface area (Å²) in [6, 6.07) is 1.42. The molecule has 0 aliphatic heterocycles. The van der Waals surface area contributed by atoms with E-state index in [1.165, 1.54) is 12.3 Å². The van der Waals surface area contributed by atoms with Crippen molar-refractivity contribution in [3.8, 4) is 0 Å². The number of amides is 1. The van der Waals surface area contributed by atoms with Crippen molar-refractivity contribution in [1.82, 2.24) is 10.3 Å². The molecular weight excluding hydrogens is 245 g/mol. The Morgan fingerprint density at radius 2 is 2.05 bits per heavy atom. The van der Waals surface area contributed by atoms with Gasteiger partial charge in [0.1, 0.15) is 0 Å². The van der Waals surface area contributed by atoms with Crippen molar-refractivity contribution in [2.24, 2.45) is 5.92 Å². The van der Waals surface area contributed by atoms with E-state index >= 15 is 0 Å². The zero-order valence-corrected chi connectivity index (χ0v) is 12.0. The number of carbonyl (C=O) groups is 1. The minimum absolute atomic E-state index is 0.0214. The maximum atomic E-state index is 14.0. The first kappa shape index (κ1) is 15.4. The summed E-state index contributed by atoms with van der Waals surface area (Å²) in [6.07, 6.45) is 3.39. The van der Waals surface area contributed by atoms with Crippen LogP contribution in [0, 0.1) is 11.7 Å². The number of rotatable bonds is 6. The summed E-state index contributed by atoms with van der Waals surface area (Å²) in [7, 11) is 1.57. The van der Waals surface area contributed by atoms with Crippen LogP contribution in [-0.2, 0) is 0 Å². The van der Waals surface area contributed by atoms with E-state index in [0.717, 1.165) is 12.8 Å². The molecule has 0 saturated heterocycles. The van der Waals surface area contributed by atoms with E-state index in [-0.39, 0.29) is 17.4 Å². The lowest BCUT2D eigenvalue weighted by molar-refractivity contribution is 0.0921. The highest BCUT2D eigenvalue weighted by atomic mass is 19.1. The molecule has 5 heteroatoms. The van der Waals surface area contributed by atoms with Crippen LogP contribution in [-0.4, -0.2) is 24.0 Å². The zero-order chi connectivity index (χ0) is 14.4. The number of carbonyl (C=O) groups excluding carboxylic acids is 1. The van der Waals surface area contributed by atoms with Crippen molar-refractivity contribution < 1.29 is 9.18 Å². The lowest BCUT2D eigenvalue weighted by atomic mass is 9.95. The molecule has 1 aromatic rings. The number of pyridine rings is 1. The van der Waals surface area contributed by atoms with E-state index in [1.54, 1.807) is 7.05 Å². The van der Waals surface area contributed by atoms with Crippen molar-refractivity contribution in [3.05, 3.63) is 23.6 Å². The molecule has 0 aliphatic rings. The Morgan fingerprint density at radius 3 is 2.58 bits per heavy atom. The summed E-state index contributed by atoms with van der Waals surface area (Å²) in [5, 5.41) is 5.48. The highest BCUT2D eigenvalue weighted by molar-refractivity contribution is 5.95. The fraction of sp³-hybridized carbons (Fsp3) is 0.571. The van der Waals surface area contributed by atoms with Crippen LogP contribution < -0.4 is 10.6 Å². The van der Waals surface area contributed by atoms with Crippen molar-refractivity contribution in [2.45, 2.75) is 39.7 Å². The van der Waals surface area contributed by atoms with Crippen LogP contribution in [0.25, 0.3) is 0 Å². The normalized spacial score (nSPS) is 12.3. The Balaban J connectivity index is 2.84. The zero-order valence-electron chi connectivity index (χ0n) is 12.0. The van der Waals surface area contributed by atoms with E-state index in [2.05, 4.69) is 29.5 Å². The molecule has 1 rings (SSSR count). The second kappa shape index (κ2) is 7.07. The molecule has 19 heavy (non-hydrogen) atoms. The molecule has 106 valence electrons. The highest BCUT2D eigenvalue weighted by Gasteiger charge is 2.20. The van der Waals surface area contributed by atoms with Crippen molar-refractivity contribution in [2.75, 3.05) is 12.4 Å². The third-order valence-electron chi connectivity index (χ3n) is 3.49. The lowest BCUT2D eigenvalue weighted by Crippen LogP contribution is -2.38. The molecule has 0 aromatic carbocycles. The lowest BCUT2D eigenvalue weighted by Gasteiger charge is -2.22. The second-order valence-electron chi connectivity index (χ2n) is 4.61. The van der Waals surface area contributed by atoms with Crippen LogP contribution in [0.3, 0.4) is 0 Å². The van der Waals surface area contributed by atoms with Crippen molar-refractivity contribution >= 4 is 11.7 Å². The Hall–Kier alpha value is -1.65. The fourth-order valence-electron chi connectivity index (χ4n) is 2.19. The third kappa shape index (κ3) is 3.66. The van der Waals surface area contributed by atoms with Crippen LogP contribution >= 0.6 is 0 Å². The van der Waals surface area contributed by atoms with Crippen LogP contribution in [0.15, 0.2) is 12.3 Å². The Kier molecular flexibility index (Phi) is 5.73. The summed E-state index contributed by atoms with van der Waals surface area (Å²) in [5.41, 5.74) is 0.0251. The number of hydrogen-bond acceptors (Lipinski definition) is 3. The maximum Gasteiger partial charge on any atom is 0.254 e. The molecule has 1 aromatic heterocycles. The average Bonchev–Trinajstić information content (AvgIpc) is 2.40. The molecule has 1 heterocycles. The molecule has 0 aliphatic carbocycles. The molecule has 0 radical (unpaired) electrons. The molecule has 2 N–H and O–H groups in total. The Labute approximate surface area is 113 Å². The average molecular weight is 267 g/mol. The standard InChI is InChI=1S/C14H22FN3O/c1-5-10(6-2)9(3)18-14(19)11-7-8-17-13(16-4)12(11)15/h7-10H,5-6H2,1-4H3,(H,16,17)(H,18,19). The predicted octanol–water partition coefficient (Wildman–Crippen LogP) is 2.82. The van der Waals surface area contributed by atoms with Crippen molar-refractivity contribution in [1.29, 1.82) is 0 Å². The van der Waals surface area contributed by atoms with Gasteiger partial charge in [-0.3, -0.25) is 4.79 Å². The van der Waals surface area contributed by atoms with Crippen LogP contribution in [0.4, 0.5) is 10.2 Å². The second-order valence-corrected chi connectivity index (χ2v) is 4.61. The Morgan fingerprint density at radius 1 is 1.42 bits per heavy atom. The van der Waals surface area contributed by atoms with E-state index < -0.39 is 11.7 Å². The molecule has 1 amide bonds. The number of nitrogens with zero attached hydrogens (tertiary/aromatic N) is 1. The van der Waals surface area contributed by atoms with E-state index in [0.29, 0.717) is 5.92 Å². The largest absolute Gasteiger partial charge is 0.371 e. The van der Waals surface area contributed by atoms with Crippen LogP contribution in [0.2, 0.25) is 0 Å². The van der Waals surface area contributed by atoms with Gasteiger partial charge >= 0.3 is 0 Å². The summed E-state index contributed by atoms with van der Waals surface area (Å²) < 4.78 is 14.0. The topological polar surface area (TPSA) is 54.0 Å². The van der Waals surface area contributed by atoms with Gasteiger partial charge in [-0.05, 0) is 18.9 Å². The van der Waals surface area contributed by atoms with Gasteiger partial charge in [0, 0.05) is 19.3 Å². The van der Waals surface area contributed by atoms with Gasteiger partial charge in [-0.15, -0.1) is 0 Å². The number of anilines is 1. The minimum atomic E-state index is -0.612. The molecule has 0 fully saturated rings. The highest BCUT2D eigenvalue weighted by Crippen LogP contribution is 2.16. The summed E-state index contributed by atoms with van der Waals surface area (Å²) in [6.45, 7) is 6.12. The number of halogens is 1. The van der Waals surface area contributed by atoms with Crippen molar-refractivity contribution in [3.63, 3.8) is 0 Å². The van der Waals surface area contributed by atoms with Crippen LogP contribution in [0.1, 0.15) is 44.0 Å². The number of aromatic nitrogens is 1. The molecule has 1 unspecified atom stereocenters. The minimum Gasteiger partial charge on any atom is -0.371 e. The summed E-state index contributed by atoms with van der Waals surface area (Å²) >= 11 is 0. The van der Waals surface area contributed by atoms with Gasteiger partial charge in [-0.1, -0.05) is 26.7 Å². The first-order valence-electron chi connectivity index (χ1n) is 6.68. The Bertz CT molecular complexity index is 433. The smallest absolute Gasteiger partial charge is 0.254 e. The molecule has 4 nitrogen and oxygen atoms in total. The van der Waals surface area contributed by atoms with Gasteiger partial charge in [-0.25, -0.2) is 9.37 Å². The van der Waals surface area contributed by atoms with Gasteiger partial charge in [0.05, 0.1) is 5.56 Å². The third-order valence-corrected chi connectivity index (χ3v) is 3.49. The maximum absolute atomic E-state index is 14.0. The number of nitrogens with one attached hydrogen (secondary N) is 2. The van der Waals surface area contributed by atoms with Gasteiger partial charge in [0.2, 0.25) is 0 Å². The van der Waals surface area contributed by atoms with Gasteiger partial charge in [0.25, 0.3) is 5.91 Å². The summed E-state index contributed by atoms with van der Waals surface area (Å²) in [5.74, 6) is -0.518. The molecule has 1 atom stereocenters. The van der Waals surface area contributed by atoms with Crippen LogP contribution in [0.5, 0.6) is 0 Å². The van der Waals surface area contributed by atoms with E-state index in [9.17, 15) is 9.18 Å². The molecule has 0 spiro atoms. The number of hydrogen-bond donors (Lipinski definition) is 2. The van der Waals surface area contributed by atoms with Gasteiger partial charge in [0.15, 0.2) is 11.6 Å². The van der Waals surface area contributed by atoms with Gasteiger partial charge < -0.3 is 10.6 Å².